The van der Waals surface area contributed by atoms with Gasteiger partial charge >= 0.3 is 0 Å². The van der Waals surface area contributed by atoms with E-state index in [2.05, 4.69) is 132 Å². The first-order valence-electron chi connectivity index (χ1n) is 17.5. The standard InChI is InChI=1S/C47H29N5S/c1-2-13-30(14-3-1)35-17-4-5-18-36(35)43-45-44(38-20-7-9-23-41(38)53-45)52-47(51-43)32-26-24-31(25-27-32)46-49-40-22-8-6-19-37(40)42(50-46)34-16-12-15-33(29-34)39-21-10-11-28-48-39/h1-29H. The van der Waals surface area contributed by atoms with Crippen LogP contribution in [-0.2, 0) is 0 Å². The quantitative estimate of drug-likeness (QED) is 0.173. The van der Waals surface area contributed by atoms with E-state index < -0.39 is 0 Å². The maximum atomic E-state index is 5.32. The highest BCUT2D eigenvalue weighted by molar-refractivity contribution is 7.26. The minimum atomic E-state index is 0.658. The van der Waals surface area contributed by atoms with Crippen molar-refractivity contribution >= 4 is 42.5 Å². The molecule has 10 aromatic rings. The van der Waals surface area contributed by atoms with Gasteiger partial charge in [0.1, 0.15) is 0 Å². The van der Waals surface area contributed by atoms with Gasteiger partial charge in [-0.3, -0.25) is 4.98 Å². The normalized spacial score (nSPS) is 11.4. The van der Waals surface area contributed by atoms with Crippen molar-refractivity contribution < 1.29 is 0 Å². The molecule has 0 unspecified atom stereocenters. The molecule has 4 aromatic heterocycles. The third kappa shape index (κ3) is 5.62. The van der Waals surface area contributed by atoms with E-state index in [0.717, 1.165) is 82.5 Å². The Kier molecular flexibility index (Phi) is 7.59. The number of thiophene rings is 1. The van der Waals surface area contributed by atoms with Gasteiger partial charge < -0.3 is 0 Å². The first-order valence-corrected chi connectivity index (χ1v) is 18.3. The summed E-state index contributed by atoms with van der Waals surface area (Å²) < 4.78 is 2.27. The van der Waals surface area contributed by atoms with Crippen LogP contribution >= 0.6 is 11.3 Å². The second-order valence-electron chi connectivity index (χ2n) is 12.9. The molecule has 5 nitrogen and oxygen atoms in total. The highest BCUT2D eigenvalue weighted by atomic mass is 32.1. The van der Waals surface area contributed by atoms with Crippen molar-refractivity contribution in [3.63, 3.8) is 0 Å². The molecule has 0 spiro atoms. The number of hydrogen-bond acceptors (Lipinski definition) is 6. The summed E-state index contributed by atoms with van der Waals surface area (Å²) in [5, 5.41) is 2.13. The maximum Gasteiger partial charge on any atom is 0.160 e. The summed E-state index contributed by atoms with van der Waals surface area (Å²) in [4.78, 5) is 25.3. The van der Waals surface area contributed by atoms with Gasteiger partial charge in [0.15, 0.2) is 11.6 Å². The second-order valence-corrected chi connectivity index (χ2v) is 13.9. The molecular formula is C47H29N5S. The third-order valence-electron chi connectivity index (χ3n) is 9.59. The molecule has 6 aromatic carbocycles. The summed E-state index contributed by atoms with van der Waals surface area (Å²) in [6, 6.07) is 58.4. The fourth-order valence-electron chi connectivity index (χ4n) is 7.02. The van der Waals surface area contributed by atoms with Crippen LogP contribution in [0.25, 0.3) is 98.9 Å². The van der Waals surface area contributed by atoms with Gasteiger partial charge in [-0.25, -0.2) is 19.9 Å². The van der Waals surface area contributed by atoms with Crippen LogP contribution in [0.1, 0.15) is 0 Å². The lowest BCUT2D eigenvalue weighted by Crippen LogP contribution is -1.97. The average molecular weight is 696 g/mol. The minimum absolute atomic E-state index is 0.658. The van der Waals surface area contributed by atoms with Crippen LogP contribution < -0.4 is 0 Å². The summed E-state index contributed by atoms with van der Waals surface area (Å²) >= 11 is 1.75. The molecule has 0 fully saturated rings. The SMILES string of the molecule is c1ccc(-c2ccccc2-c2nc(-c3ccc(-c4nc(-c5cccc(-c6ccccn6)c5)c5ccccc5n4)cc3)nc3c2sc2ccccc23)cc1. The molecule has 10 rings (SSSR count). The molecule has 0 aliphatic heterocycles. The first kappa shape index (κ1) is 30.9. The molecule has 0 aliphatic rings. The van der Waals surface area contributed by atoms with Crippen LogP contribution in [0.3, 0.4) is 0 Å². The molecule has 0 saturated carbocycles. The van der Waals surface area contributed by atoms with E-state index in [1.54, 1.807) is 11.3 Å². The maximum absolute atomic E-state index is 5.32. The lowest BCUT2D eigenvalue weighted by Gasteiger charge is -2.12. The van der Waals surface area contributed by atoms with Crippen LogP contribution in [0, 0.1) is 0 Å². The molecule has 0 bridgehead atoms. The fourth-order valence-corrected chi connectivity index (χ4v) is 8.16. The van der Waals surface area contributed by atoms with E-state index in [1.165, 1.54) is 4.70 Å². The van der Waals surface area contributed by atoms with E-state index in [-0.39, 0.29) is 0 Å². The molecule has 248 valence electrons. The zero-order valence-corrected chi connectivity index (χ0v) is 29.2. The van der Waals surface area contributed by atoms with Gasteiger partial charge in [0.25, 0.3) is 0 Å². The Morgan fingerprint density at radius 1 is 0.396 bits per heavy atom. The van der Waals surface area contributed by atoms with Crippen molar-refractivity contribution in [3.8, 4) is 67.7 Å². The summed E-state index contributed by atoms with van der Waals surface area (Å²) in [6.07, 6.45) is 1.82. The van der Waals surface area contributed by atoms with Gasteiger partial charge in [0, 0.05) is 49.5 Å². The van der Waals surface area contributed by atoms with Crippen LogP contribution in [0.4, 0.5) is 0 Å². The molecule has 0 amide bonds. The lowest BCUT2D eigenvalue weighted by atomic mass is 9.97. The largest absolute Gasteiger partial charge is 0.256 e. The van der Waals surface area contributed by atoms with Crippen LogP contribution in [0.5, 0.6) is 0 Å². The average Bonchev–Trinajstić information content (AvgIpc) is 3.62. The molecule has 0 N–H and O–H groups in total. The van der Waals surface area contributed by atoms with E-state index in [4.69, 9.17) is 19.9 Å². The van der Waals surface area contributed by atoms with Gasteiger partial charge in [0.2, 0.25) is 0 Å². The number of fused-ring (bicyclic) bond motifs is 4. The van der Waals surface area contributed by atoms with Crippen molar-refractivity contribution in [2.24, 2.45) is 0 Å². The van der Waals surface area contributed by atoms with Crippen molar-refractivity contribution in [2.75, 3.05) is 0 Å². The molecule has 6 heteroatoms. The van der Waals surface area contributed by atoms with Crippen molar-refractivity contribution in [2.45, 2.75) is 0 Å². The molecule has 0 saturated heterocycles. The second kappa shape index (κ2) is 13.0. The summed E-state index contributed by atoms with van der Waals surface area (Å²) in [7, 11) is 0. The molecule has 53 heavy (non-hydrogen) atoms. The minimum Gasteiger partial charge on any atom is -0.256 e. The Morgan fingerprint density at radius 3 is 1.85 bits per heavy atom. The number of rotatable bonds is 6. The van der Waals surface area contributed by atoms with Crippen LogP contribution in [0.2, 0.25) is 0 Å². The number of para-hydroxylation sites is 1. The fraction of sp³-hybridized carbons (Fsp3) is 0. The van der Waals surface area contributed by atoms with Crippen molar-refractivity contribution in [1.29, 1.82) is 0 Å². The predicted molar refractivity (Wildman–Crippen MR) is 218 cm³/mol. The summed E-state index contributed by atoms with van der Waals surface area (Å²) in [6.45, 7) is 0. The number of nitrogens with zero attached hydrogens (tertiary/aromatic N) is 5. The Balaban J connectivity index is 1.10. The van der Waals surface area contributed by atoms with Gasteiger partial charge in [0.05, 0.1) is 32.8 Å². The number of hydrogen-bond donors (Lipinski definition) is 0. The Bertz CT molecular complexity index is 2940. The van der Waals surface area contributed by atoms with Crippen molar-refractivity contribution in [1.82, 2.24) is 24.9 Å². The first-order chi connectivity index (χ1) is 26.3. The molecule has 0 radical (unpaired) electrons. The van der Waals surface area contributed by atoms with Gasteiger partial charge in [-0.15, -0.1) is 11.3 Å². The zero-order chi connectivity index (χ0) is 35.1. The van der Waals surface area contributed by atoms with E-state index >= 15 is 0 Å². The predicted octanol–water partition coefficient (Wildman–Crippen LogP) is 12.2. The molecule has 4 heterocycles. The van der Waals surface area contributed by atoms with E-state index in [0.29, 0.717) is 11.6 Å². The highest BCUT2D eigenvalue weighted by Crippen LogP contribution is 2.42. The third-order valence-corrected chi connectivity index (χ3v) is 10.8. The van der Waals surface area contributed by atoms with Crippen LogP contribution in [-0.4, -0.2) is 24.9 Å². The van der Waals surface area contributed by atoms with E-state index in [9.17, 15) is 0 Å². The topological polar surface area (TPSA) is 64.5 Å². The molecule has 0 aliphatic carbocycles. The Labute approximate surface area is 310 Å². The monoisotopic (exact) mass is 695 g/mol. The smallest absolute Gasteiger partial charge is 0.160 e. The Hall–Kier alpha value is -6.89. The number of aromatic nitrogens is 5. The van der Waals surface area contributed by atoms with E-state index in [1.807, 2.05) is 48.7 Å². The highest BCUT2D eigenvalue weighted by Gasteiger charge is 2.19. The van der Waals surface area contributed by atoms with Crippen LogP contribution in [0.15, 0.2) is 176 Å². The van der Waals surface area contributed by atoms with Gasteiger partial charge in [-0.2, -0.15) is 0 Å². The van der Waals surface area contributed by atoms with Crippen molar-refractivity contribution in [3.05, 3.63) is 176 Å². The number of benzene rings is 6. The molecular weight excluding hydrogens is 667 g/mol. The summed E-state index contributed by atoms with van der Waals surface area (Å²) in [5.74, 6) is 1.34. The summed E-state index contributed by atoms with van der Waals surface area (Å²) in [5.41, 5.74) is 11.9. The lowest BCUT2D eigenvalue weighted by molar-refractivity contribution is 1.22. The van der Waals surface area contributed by atoms with Gasteiger partial charge in [-0.1, -0.05) is 140 Å². The number of pyridine rings is 1. The Morgan fingerprint density at radius 2 is 1.04 bits per heavy atom. The molecule has 0 atom stereocenters. The zero-order valence-electron chi connectivity index (χ0n) is 28.4. The van der Waals surface area contributed by atoms with Gasteiger partial charge in [-0.05, 0) is 41.5 Å².